The fourth-order valence-electron chi connectivity index (χ4n) is 3.59. The average molecular weight is 365 g/mol. The molecule has 2 aromatic carbocycles. The first-order valence-corrected chi connectivity index (χ1v) is 8.81. The second-order valence-corrected chi connectivity index (χ2v) is 6.75. The first kappa shape index (κ1) is 17.3. The van der Waals surface area contributed by atoms with Crippen LogP contribution >= 0.6 is 0 Å². The largest absolute Gasteiger partial charge is 0.352 e. The summed E-state index contributed by atoms with van der Waals surface area (Å²) in [7, 11) is 0. The van der Waals surface area contributed by atoms with Crippen LogP contribution in [0.3, 0.4) is 0 Å². The van der Waals surface area contributed by atoms with Crippen molar-refractivity contribution < 1.29 is 18.4 Å². The van der Waals surface area contributed by atoms with Crippen LogP contribution in [0.5, 0.6) is 0 Å². The molecule has 0 fully saturated rings. The number of benzene rings is 2. The van der Waals surface area contributed by atoms with Gasteiger partial charge in [0.25, 0.3) is 0 Å². The zero-order valence-corrected chi connectivity index (χ0v) is 14.7. The second-order valence-electron chi connectivity index (χ2n) is 6.75. The number of hydrogen-bond acceptors (Lipinski definition) is 2. The predicted octanol–water partition coefficient (Wildman–Crippen LogP) is 5.45. The molecule has 0 amide bonds. The molecule has 4 rings (SSSR count). The molecule has 0 saturated carbocycles. The summed E-state index contributed by atoms with van der Waals surface area (Å²) in [5, 5.41) is 0.347. The molecule has 27 heavy (non-hydrogen) atoms. The van der Waals surface area contributed by atoms with E-state index in [1.54, 1.807) is 24.3 Å². The average Bonchev–Trinajstić information content (AvgIpc) is 3.02. The summed E-state index contributed by atoms with van der Waals surface area (Å²) in [6, 6.07) is 8.92. The minimum atomic E-state index is -0.707. The van der Waals surface area contributed by atoms with Crippen molar-refractivity contribution in [1.29, 1.82) is 0 Å². The monoisotopic (exact) mass is 365 g/mol. The third-order valence-electron chi connectivity index (χ3n) is 4.93. The van der Waals surface area contributed by atoms with Gasteiger partial charge in [0.1, 0.15) is 11.6 Å². The Labute approximate surface area is 154 Å². The summed E-state index contributed by atoms with van der Waals surface area (Å²) in [4.78, 5) is 27.1. The standard InChI is InChI=1S/C22H17F2NO2/c1-12(26)13-6-8-14(9-7-13)21-20(16-4-2-3-5-19(16)27)17-10-15(23)11-18(24)22(17)25-21/h4,6-11,25H,2-3,5H2,1H3. The van der Waals surface area contributed by atoms with E-state index in [0.29, 0.717) is 39.8 Å². The number of Topliss-reactive ketones (excluding diaryl/α,β-unsaturated/α-hetero) is 2. The van der Waals surface area contributed by atoms with Crippen LogP contribution in [0, 0.1) is 11.6 Å². The van der Waals surface area contributed by atoms with Gasteiger partial charge in [-0.15, -0.1) is 0 Å². The summed E-state index contributed by atoms with van der Waals surface area (Å²) in [6.07, 6.45) is 3.77. The van der Waals surface area contributed by atoms with E-state index in [9.17, 15) is 18.4 Å². The molecule has 0 aliphatic heterocycles. The van der Waals surface area contributed by atoms with E-state index in [1.807, 2.05) is 6.08 Å². The van der Waals surface area contributed by atoms with Gasteiger partial charge in [-0.25, -0.2) is 8.78 Å². The molecular formula is C22H17F2NO2. The molecule has 1 aromatic heterocycles. The van der Waals surface area contributed by atoms with Crippen molar-refractivity contribution in [3.63, 3.8) is 0 Å². The van der Waals surface area contributed by atoms with Crippen molar-refractivity contribution in [2.75, 3.05) is 0 Å². The molecule has 0 atom stereocenters. The van der Waals surface area contributed by atoms with E-state index in [2.05, 4.69) is 4.98 Å². The number of nitrogens with one attached hydrogen (secondary N) is 1. The van der Waals surface area contributed by atoms with E-state index in [4.69, 9.17) is 0 Å². The highest BCUT2D eigenvalue weighted by Gasteiger charge is 2.25. The Morgan fingerprint density at radius 1 is 1.11 bits per heavy atom. The number of aromatic amines is 1. The Balaban J connectivity index is 2.00. The smallest absolute Gasteiger partial charge is 0.163 e. The van der Waals surface area contributed by atoms with Crippen molar-refractivity contribution >= 4 is 28.0 Å². The quantitative estimate of drug-likeness (QED) is 0.627. The number of hydrogen-bond donors (Lipinski definition) is 1. The molecule has 0 radical (unpaired) electrons. The molecule has 0 spiro atoms. The van der Waals surface area contributed by atoms with Gasteiger partial charge in [-0.3, -0.25) is 9.59 Å². The lowest BCUT2D eigenvalue weighted by Gasteiger charge is -2.13. The van der Waals surface area contributed by atoms with Crippen molar-refractivity contribution in [2.24, 2.45) is 0 Å². The summed E-state index contributed by atoms with van der Waals surface area (Å²) >= 11 is 0. The molecule has 5 heteroatoms. The van der Waals surface area contributed by atoms with Gasteiger partial charge in [0.2, 0.25) is 0 Å². The lowest BCUT2D eigenvalue weighted by molar-refractivity contribution is -0.114. The number of allylic oxidation sites excluding steroid dienone is 2. The number of halogens is 2. The topological polar surface area (TPSA) is 49.9 Å². The zero-order valence-electron chi connectivity index (χ0n) is 14.7. The van der Waals surface area contributed by atoms with E-state index in [1.165, 1.54) is 13.0 Å². The van der Waals surface area contributed by atoms with Gasteiger partial charge in [-0.05, 0) is 31.4 Å². The third-order valence-corrected chi connectivity index (χ3v) is 4.93. The highest BCUT2D eigenvalue weighted by molar-refractivity contribution is 6.26. The molecule has 1 heterocycles. The van der Waals surface area contributed by atoms with Crippen LogP contribution in [0.4, 0.5) is 8.78 Å². The van der Waals surface area contributed by atoms with Gasteiger partial charge in [0, 0.05) is 34.6 Å². The summed E-state index contributed by atoms with van der Waals surface area (Å²) in [5.74, 6) is -1.49. The van der Waals surface area contributed by atoms with Gasteiger partial charge in [-0.2, -0.15) is 0 Å². The Bertz CT molecular complexity index is 1110. The third kappa shape index (κ3) is 2.99. The lowest BCUT2D eigenvalue weighted by Crippen LogP contribution is -2.06. The minimum absolute atomic E-state index is 0.0339. The molecule has 1 N–H and O–H groups in total. The molecule has 1 aliphatic rings. The van der Waals surface area contributed by atoms with Crippen LogP contribution in [-0.2, 0) is 4.79 Å². The first-order valence-electron chi connectivity index (χ1n) is 8.81. The molecule has 0 unspecified atom stereocenters. The van der Waals surface area contributed by atoms with Crippen LogP contribution in [0.1, 0.15) is 42.1 Å². The number of carbonyl (C=O) groups is 2. The predicted molar refractivity (Wildman–Crippen MR) is 100 cm³/mol. The molecule has 0 saturated heterocycles. The summed E-state index contributed by atoms with van der Waals surface area (Å²) < 4.78 is 28.3. The van der Waals surface area contributed by atoms with Crippen molar-refractivity contribution in [3.8, 4) is 11.3 Å². The molecule has 3 aromatic rings. The summed E-state index contributed by atoms with van der Waals surface area (Å²) in [6.45, 7) is 1.48. The fraction of sp³-hybridized carbons (Fsp3) is 0.182. The second kappa shape index (κ2) is 6.58. The van der Waals surface area contributed by atoms with Gasteiger partial charge >= 0.3 is 0 Å². The fourth-order valence-corrected chi connectivity index (χ4v) is 3.59. The van der Waals surface area contributed by atoms with Gasteiger partial charge < -0.3 is 4.98 Å². The van der Waals surface area contributed by atoms with E-state index in [0.717, 1.165) is 18.9 Å². The SMILES string of the molecule is CC(=O)c1ccc(-c2[nH]c3c(F)cc(F)cc3c2C2=CCCCC2=O)cc1. The number of fused-ring (bicyclic) bond motifs is 1. The van der Waals surface area contributed by atoms with Crippen LogP contribution in [0.2, 0.25) is 0 Å². The van der Waals surface area contributed by atoms with E-state index in [-0.39, 0.29) is 17.1 Å². The van der Waals surface area contributed by atoms with Crippen LogP contribution in [0.15, 0.2) is 42.5 Å². The highest BCUT2D eigenvalue weighted by Crippen LogP contribution is 2.39. The zero-order chi connectivity index (χ0) is 19.1. The molecule has 1 aliphatic carbocycles. The van der Waals surface area contributed by atoms with Crippen molar-refractivity contribution in [2.45, 2.75) is 26.2 Å². The Morgan fingerprint density at radius 2 is 1.85 bits per heavy atom. The number of rotatable bonds is 3. The number of ketones is 2. The molecule has 3 nitrogen and oxygen atoms in total. The van der Waals surface area contributed by atoms with Crippen molar-refractivity contribution in [1.82, 2.24) is 4.98 Å². The minimum Gasteiger partial charge on any atom is -0.352 e. The van der Waals surface area contributed by atoms with Crippen LogP contribution in [0.25, 0.3) is 27.7 Å². The van der Waals surface area contributed by atoms with E-state index < -0.39 is 11.6 Å². The van der Waals surface area contributed by atoms with Gasteiger partial charge in [0.15, 0.2) is 11.6 Å². The molecule has 136 valence electrons. The normalized spacial score (nSPS) is 14.5. The Morgan fingerprint density at radius 3 is 2.52 bits per heavy atom. The number of carbonyl (C=O) groups excluding carboxylic acids is 2. The Kier molecular flexibility index (Phi) is 4.22. The van der Waals surface area contributed by atoms with Gasteiger partial charge in [0.05, 0.1) is 11.2 Å². The molecular weight excluding hydrogens is 348 g/mol. The maximum absolute atomic E-state index is 14.4. The first-order chi connectivity index (χ1) is 13.0. The molecule has 0 bridgehead atoms. The van der Waals surface area contributed by atoms with Crippen LogP contribution in [-0.4, -0.2) is 16.6 Å². The summed E-state index contributed by atoms with van der Waals surface area (Å²) in [5.41, 5.74) is 2.97. The maximum atomic E-state index is 14.4. The maximum Gasteiger partial charge on any atom is 0.163 e. The lowest BCUT2D eigenvalue weighted by atomic mass is 9.89. The number of aromatic nitrogens is 1. The van der Waals surface area contributed by atoms with Crippen molar-refractivity contribution in [3.05, 3.63) is 65.2 Å². The number of H-pyrrole nitrogens is 1. The Hall–Kier alpha value is -3.08. The highest BCUT2D eigenvalue weighted by atomic mass is 19.1. The van der Waals surface area contributed by atoms with Crippen LogP contribution < -0.4 is 0 Å². The van der Waals surface area contributed by atoms with E-state index >= 15 is 0 Å². The van der Waals surface area contributed by atoms with Gasteiger partial charge in [-0.1, -0.05) is 30.3 Å².